The molecule has 0 bridgehead atoms. The maximum atomic E-state index is 13.8. The van der Waals surface area contributed by atoms with E-state index in [1.54, 1.807) is 19.2 Å². The van der Waals surface area contributed by atoms with Gasteiger partial charge in [-0.1, -0.05) is 25.3 Å². The number of rotatable bonds is 5. The Kier molecular flexibility index (Phi) is 7.24. The Labute approximate surface area is 203 Å². The standard InChI is InChI=1S/C25H29F3N2O4S/c1-30(23(31)18-5-3-2-4-6-18)22-12-9-20(17-29-22)24(13-15-34-16-14-24)35(32,33)21-10-7-19(8-11-21)25(26,27)28/h7-12,17-18H,2-6,13-16H2,1H3. The van der Waals surface area contributed by atoms with E-state index in [0.717, 1.165) is 56.4 Å². The number of benzene rings is 1. The maximum Gasteiger partial charge on any atom is 0.416 e. The van der Waals surface area contributed by atoms with Crippen molar-refractivity contribution in [1.29, 1.82) is 0 Å². The molecule has 2 aromatic rings. The molecule has 0 radical (unpaired) electrons. The molecule has 1 aromatic carbocycles. The molecule has 0 N–H and O–H groups in total. The number of anilines is 1. The zero-order valence-electron chi connectivity index (χ0n) is 19.6. The average Bonchev–Trinajstić information content (AvgIpc) is 2.88. The molecule has 1 amide bonds. The van der Waals surface area contributed by atoms with E-state index in [2.05, 4.69) is 4.98 Å². The number of carbonyl (C=O) groups is 1. The number of aromatic nitrogens is 1. The van der Waals surface area contributed by atoms with Crippen molar-refractivity contribution in [3.63, 3.8) is 0 Å². The molecule has 1 saturated heterocycles. The number of sulfone groups is 1. The van der Waals surface area contributed by atoms with Gasteiger partial charge in [-0.2, -0.15) is 13.2 Å². The first kappa shape index (κ1) is 25.6. The monoisotopic (exact) mass is 510 g/mol. The fourth-order valence-corrected chi connectivity index (χ4v) is 7.13. The first-order valence-electron chi connectivity index (χ1n) is 11.8. The van der Waals surface area contributed by atoms with Crippen molar-refractivity contribution in [2.45, 2.75) is 60.8 Å². The summed E-state index contributed by atoms with van der Waals surface area (Å²) in [5, 5.41) is 0. The molecule has 1 aliphatic heterocycles. The van der Waals surface area contributed by atoms with Crippen molar-refractivity contribution in [1.82, 2.24) is 4.98 Å². The number of alkyl halides is 3. The van der Waals surface area contributed by atoms with E-state index in [0.29, 0.717) is 11.4 Å². The van der Waals surface area contributed by atoms with Crippen LogP contribution < -0.4 is 4.90 Å². The van der Waals surface area contributed by atoms with Crippen molar-refractivity contribution in [2.75, 3.05) is 25.2 Å². The fourth-order valence-electron chi connectivity index (χ4n) is 5.05. The zero-order chi connectivity index (χ0) is 25.3. The van der Waals surface area contributed by atoms with Gasteiger partial charge in [-0.25, -0.2) is 13.4 Å². The minimum absolute atomic E-state index is 0.00288. The Hall–Kier alpha value is -2.46. The number of pyridine rings is 1. The summed E-state index contributed by atoms with van der Waals surface area (Å²) >= 11 is 0. The summed E-state index contributed by atoms with van der Waals surface area (Å²) in [6, 6.07) is 6.87. The lowest BCUT2D eigenvalue weighted by atomic mass is 9.88. The lowest BCUT2D eigenvalue weighted by Gasteiger charge is -2.37. The molecule has 10 heteroatoms. The number of carbonyl (C=O) groups excluding carboxylic acids is 1. The van der Waals surface area contributed by atoms with Crippen molar-refractivity contribution in [3.05, 3.63) is 53.7 Å². The normalized spacial score (nSPS) is 19.3. The summed E-state index contributed by atoms with van der Waals surface area (Å²) in [7, 11) is -2.40. The van der Waals surface area contributed by atoms with E-state index in [4.69, 9.17) is 4.74 Å². The topological polar surface area (TPSA) is 76.6 Å². The smallest absolute Gasteiger partial charge is 0.381 e. The number of hydrogen-bond acceptors (Lipinski definition) is 5. The predicted octanol–water partition coefficient (Wildman–Crippen LogP) is 5.12. The summed E-state index contributed by atoms with van der Waals surface area (Å²) in [6.45, 7) is 0.392. The van der Waals surface area contributed by atoms with Crippen LogP contribution in [0.25, 0.3) is 0 Å². The molecule has 2 heterocycles. The molecule has 2 aliphatic rings. The van der Waals surface area contributed by atoms with Crippen LogP contribution in [0.3, 0.4) is 0 Å². The van der Waals surface area contributed by atoms with Gasteiger partial charge in [-0.3, -0.25) is 9.69 Å². The Morgan fingerprint density at radius 2 is 1.66 bits per heavy atom. The summed E-state index contributed by atoms with van der Waals surface area (Å²) in [5.41, 5.74) is -0.475. The van der Waals surface area contributed by atoms with Crippen molar-refractivity contribution < 1.29 is 31.1 Å². The first-order chi connectivity index (χ1) is 16.6. The van der Waals surface area contributed by atoms with Crippen LogP contribution in [-0.4, -0.2) is 39.6 Å². The Morgan fingerprint density at radius 3 is 2.20 bits per heavy atom. The van der Waals surface area contributed by atoms with Crippen LogP contribution in [0, 0.1) is 5.92 Å². The molecule has 0 unspecified atom stereocenters. The zero-order valence-corrected chi connectivity index (χ0v) is 20.4. The van der Waals surface area contributed by atoms with E-state index < -0.39 is 26.3 Å². The second-order valence-electron chi connectivity index (χ2n) is 9.27. The number of nitrogens with zero attached hydrogens (tertiary/aromatic N) is 2. The molecule has 190 valence electrons. The van der Waals surface area contributed by atoms with Gasteiger partial charge in [-0.05, 0) is 61.6 Å². The molecule has 6 nitrogen and oxygen atoms in total. The molecule has 0 atom stereocenters. The Balaban J connectivity index is 1.64. The van der Waals surface area contributed by atoms with Gasteiger partial charge in [0.1, 0.15) is 10.6 Å². The summed E-state index contributed by atoms with van der Waals surface area (Å²) in [4.78, 5) is 18.6. The average molecular weight is 511 g/mol. The highest BCUT2D eigenvalue weighted by atomic mass is 32.2. The van der Waals surface area contributed by atoms with E-state index in [1.165, 1.54) is 11.1 Å². The number of halogens is 3. The predicted molar refractivity (Wildman–Crippen MR) is 125 cm³/mol. The van der Waals surface area contributed by atoms with Crippen LogP contribution in [0.5, 0.6) is 0 Å². The van der Waals surface area contributed by atoms with Gasteiger partial charge in [0.05, 0.1) is 10.5 Å². The van der Waals surface area contributed by atoms with Crippen LogP contribution in [0.1, 0.15) is 56.1 Å². The third-order valence-electron chi connectivity index (χ3n) is 7.21. The SMILES string of the molecule is CN(C(=O)C1CCCCC1)c1ccc(C2(S(=O)(=O)c3ccc(C(F)(F)F)cc3)CCOCC2)cn1. The highest BCUT2D eigenvalue weighted by molar-refractivity contribution is 7.92. The molecule has 1 aromatic heterocycles. The van der Waals surface area contributed by atoms with E-state index in [-0.39, 0.29) is 42.8 Å². The molecule has 4 rings (SSSR count). The van der Waals surface area contributed by atoms with Crippen molar-refractivity contribution in [2.24, 2.45) is 5.92 Å². The molecule has 2 fully saturated rings. The molecule has 1 aliphatic carbocycles. The molecule has 35 heavy (non-hydrogen) atoms. The molecular formula is C25H29F3N2O4S. The summed E-state index contributed by atoms with van der Waals surface area (Å²) in [5.74, 6) is 0.402. The van der Waals surface area contributed by atoms with Gasteiger partial charge in [0, 0.05) is 32.4 Å². The summed E-state index contributed by atoms with van der Waals surface area (Å²) < 4.78 is 70.5. The molecular weight excluding hydrogens is 481 g/mol. The quantitative estimate of drug-likeness (QED) is 0.558. The van der Waals surface area contributed by atoms with Gasteiger partial charge in [0.25, 0.3) is 0 Å². The van der Waals surface area contributed by atoms with Crippen LogP contribution in [0.4, 0.5) is 19.0 Å². The highest BCUT2D eigenvalue weighted by Crippen LogP contribution is 2.44. The van der Waals surface area contributed by atoms with E-state index >= 15 is 0 Å². The molecule has 0 spiro atoms. The summed E-state index contributed by atoms with van der Waals surface area (Å²) in [6.07, 6.45) is 2.12. The van der Waals surface area contributed by atoms with Crippen LogP contribution in [0.15, 0.2) is 47.5 Å². The maximum absolute atomic E-state index is 13.8. The van der Waals surface area contributed by atoms with Crippen molar-refractivity contribution >= 4 is 21.6 Å². The van der Waals surface area contributed by atoms with Gasteiger partial charge in [0.2, 0.25) is 5.91 Å². The van der Waals surface area contributed by atoms with E-state index in [9.17, 15) is 26.4 Å². The third kappa shape index (κ3) is 4.95. The van der Waals surface area contributed by atoms with Crippen LogP contribution in [0.2, 0.25) is 0 Å². The second kappa shape index (κ2) is 9.89. The fraction of sp³-hybridized carbons (Fsp3) is 0.520. The van der Waals surface area contributed by atoms with Gasteiger partial charge < -0.3 is 4.74 Å². The number of amides is 1. The minimum atomic E-state index is -4.56. The van der Waals surface area contributed by atoms with Gasteiger partial charge in [0.15, 0.2) is 9.84 Å². The van der Waals surface area contributed by atoms with Gasteiger partial charge >= 0.3 is 6.18 Å². The lowest BCUT2D eigenvalue weighted by Crippen LogP contribution is -2.41. The third-order valence-corrected chi connectivity index (χ3v) is 9.77. The highest BCUT2D eigenvalue weighted by Gasteiger charge is 2.48. The van der Waals surface area contributed by atoms with Gasteiger partial charge in [-0.15, -0.1) is 0 Å². The van der Waals surface area contributed by atoms with Crippen LogP contribution in [-0.2, 0) is 30.3 Å². The molecule has 1 saturated carbocycles. The Bertz CT molecular complexity index is 1140. The lowest BCUT2D eigenvalue weighted by molar-refractivity contribution is -0.137. The van der Waals surface area contributed by atoms with E-state index in [1.807, 2.05) is 0 Å². The largest absolute Gasteiger partial charge is 0.416 e. The first-order valence-corrected chi connectivity index (χ1v) is 13.3. The van der Waals surface area contributed by atoms with Crippen molar-refractivity contribution in [3.8, 4) is 0 Å². The van der Waals surface area contributed by atoms with Crippen LogP contribution >= 0.6 is 0 Å². The second-order valence-corrected chi connectivity index (χ2v) is 11.5. The Morgan fingerprint density at radius 1 is 1.03 bits per heavy atom. The number of ether oxygens (including phenoxy) is 1. The number of hydrogen-bond donors (Lipinski definition) is 0. The minimum Gasteiger partial charge on any atom is -0.381 e.